The molecule has 166 valence electrons. The zero-order chi connectivity index (χ0) is 22.7. The lowest BCUT2D eigenvalue weighted by Crippen LogP contribution is -2.45. The van der Waals surface area contributed by atoms with Gasteiger partial charge in [0.2, 0.25) is 5.91 Å². The molecule has 0 spiro atoms. The van der Waals surface area contributed by atoms with Crippen molar-refractivity contribution in [3.05, 3.63) is 77.2 Å². The Morgan fingerprint density at radius 1 is 1.16 bits per heavy atom. The lowest BCUT2D eigenvalue weighted by Gasteiger charge is -2.31. The lowest BCUT2D eigenvalue weighted by molar-refractivity contribution is -0.131. The topological polar surface area (TPSA) is 91.0 Å². The van der Waals surface area contributed by atoms with Crippen LogP contribution in [0.5, 0.6) is 5.75 Å². The average molecular weight is 438 g/mol. The van der Waals surface area contributed by atoms with Crippen molar-refractivity contribution in [2.45, 2.75) is 6.04 Å². The molecule has 32 heavy (non-hydrogen) atoms. The Hall–Kier alpha value is -3.88. The Balaban J connectivity index is 1.38. The largest absolute Gasteiger partial charge is 0.492 e. The molecule has 0 saturated carbocycles. The number of nitrogens with zero attached hydrogens (tertiary/aromatic N) is 2. The molecule has 4 amide bonds. The summed E-state index contributed by atoms with van der Waals surface area (Å²) in [5.74, 6) is -0.359. The van der Waals surface area contributed by atoms with E-state index >= 15 is 0 Å². The number of carbonyl (C=O) groups excluding carboxylic acids is 3. The number of hydrogen-bond donors (Lipinski definition) is 2. The van der Waals surface area contributed by atoms with Crippen molar-refractivity contribution in [1.29, 1.82) is 0 Å². The summed E-state index contributed by atoms with van der Waals surface area (Å²) in [6, 6.07) is 13.8. The molecule has 8 nitrogen and oxygen atoms in total. The van der Waals surface area contributed by atoms with Crippen LogP contribution in [-0.4, -0.2) is 60.9 Å². The third kappa shape index (κ3) is 4.41. The molecule has 0 saturated heterocycles. The molecule has 2 heterocycles. The van der Waals surface area contributed by atoms with Gasteiger partial charge in [0.15, 0.2) is 0 Å². The van der Waals surface area contributed by atoms with Gasteiger partial charge in [-0.2, -0.15) is 0 Å². The maximum absolute atomic E-state index is 13.3. The summed E-state index contributed by atoms with van der Waals surface area (Å²) in [5, 5.41) is 5.51. The predicted octanol–water partition coefficient (Wildman–Crippen LogP) is 1.81. The predicted molar refractivity (Wildman–Crippen MR) is 114 cm³/mol. The van der Waals surface area contributed by atoms with Gasteiger partial charge in [0.1, 0.15) is 24.7 Å². The number of likely N-dealkylation sites (N-methyl/N-ethyl adjacent to an activating group) is 1. The number of rotatable bonds is 7. The fourth-order valence-corrected chi connectivity index (χ4v) is 3.76. The van der Waals surface area contributed by atoms with Crippen LogP contribution in [0.1, 0.15) is 11.6 Å². The fourth-order valence-electron chi connectivity index (χ4n) is 3.76. The number of nitrogens with one attached hydrogen (secondary N) is 2. The Kier molecular flexibility index (Phi) is 6.07. The highest BCUT2D eigenvalue weighted by Gasteiger charge is 2.43. The fraction of sp³-hybridized carbons (Fsp3) is 0.261. The monoisotopic (exact) mass is 438 g/mol. The highest BCUT2D eigenvalue weighted by molar-refractivity contribution is 6.02. The third-order valence-electron chi connectivity index (χ3n) is 5.41. The van der Waals surface area contributed by atoms with Gasteiger partial charge >= 0.3 is 6.03 Å². The smallest absolute Gasteiger partial charge is 0.322 e. The van der Waals surface area contributed by atoms with Crippen LogP contribution in [0.2, 0.25) is 0 Å². The Bertz CT molecular complexity index is 1060. The van der Waals surface area contributed by atoms with E-state index in [-0.39, 0.29) is 30.9 Å². The zero-order valence-electron chi connectivity index (χ0n) is 17.5. The highest BCUT2D eigenvalue weighted by atomic mass is 19.1. The van der Waals surface area contributed by atoms with E-state index in [0.717, 1.165) is 0 Å². The van der Waals surface area contributed by atoms with E-state index in [4.69, 9.17) is 4.74 Å². The maximum Gasteiger partial charge on any atom is 0.322 e. The second-order valence-electron chi connectivity index (χ2n) is 7.53. The van der Waals surface area contributed by atoms with Crippen LogP contribution < -0.4 is 15.4 Å². The van der Waals surface area contributed by atoms with E-state index in [1.54, 1.807) is 7.05 Å². The summed E-state index contributed by atoms with van der Waals surface area (Å²) in [6.45, 7) is 0.590. The second kappa shape index (κ2) is 9.09. The molecule has 0 aliphatic carbocycles. The molecule has 2 aliphatic rings. The number of benzene rings is 2. The third-order valence-corrected chi connectivity index (χ3v) is 5.41. The van der Waals surface area contributed by atoms with Crippen LogP contribution >= 0.6 is 0 Å². The van der Waals surface area contributed by atoms with Crippen molar-refractivity contribution in [3.63, 3.8) is 0 Å². The van der Waals surface area contributed by atoms with E-state index in [0.29, 0.717) is 35.7 Å². The van der Waals surface area contributed by atoms with Crippen molar-refractivity contribution in [3.8, 4) is 5.75 Å². The quantitative estimate of drug-likeness (QED) is 0.646. The minimum absolute atomic E-state index is 0.143. The van der Waals surface area contributed by atoms with Gasteiger partial charge in [-0.15, -0.1) is 0 Å². The summed E-state index contributed by atoms with van der Waals surface area (Å²) in [7, 11) is 1.57. The number of carbonyl (C=O) groups is 3. The standard InChI is InChI=1S/C23H23FN4O4/c1-27-18-13-28(14-19(29)25-11-12-32-17-5-3-2-4-6-17)22(30)20(18)21(26-23(27)31)15-7-9-16(24)10-8-15/h2-10,21H,11-14H2,1H3,(H,25,29)(H,26,31). The number of para-hydroxylation sites is 1. The van der Waals surface area contributed by atoms with E-state index < -0.39 is 11.9 Å². The van der Waals surface area contributed by atoms with Crippen LogP contribution in [0.15, 0.2) is 65.9 Å². The van der Waals surface area contributed by atoms with Gasteiger partial charge in [0.05, 0.1) is 30.4 Å². The first-order valence-corrected chi connectivity index (χ1v) is 10.2. The van der Waals surface area contributed by atoms with Crippen LogP contribution in [0.4, 0.5) is 9.18 Å². The molecule has 9 heteroatoms. The first kappa shape index (κ1) is 21.4. The number of hydrogen-bond acceptors (Lipinski definition) is 4. The molecule has 1 atom stereocenters. The minimum atomic E-state index is -0.700. The molecule has 1 unspecified atom stereocenters. The molecular weight excluding hydrogens is 415 g/mol. The first-order valence-electron chi connectivity index (χ1n) is 10.2. The Morgan fingerprint density at radius 3 is 2.59 bits per heavy atom. The van der Waals surface area contributed by atoms with Gasteiger partial charge in [0.25, 0.3) is 5.91 Å². The van der Waals surface area contributed by atoms with E-state index in [1.807, 2.05) is 30.3 Å². The first-order chi connectivity index (χ1) is 15.4. The molecule has 2 N–H and O–H groups in total. The van der Waals surface area contributed by atoms with Gasteiger partial charge in [-0.25, -0.2) is 9.18 Å². The van der Waals surface area contributed by atoms with Crippen molar-refractivity contribution in [1.82, 2.24) is 20.4 Å². The second-order valence-corrected chi connectivity index (χ2v) is 7.53. The molecule has 0 bridgehead atoms. The molecule has 0 fully saturated rings. The Labute approximate surface area is 184 Å². The van der Waals surface area contributed by atoms with Crippen LogP contribution in [-0.2, 0) is 9.59 Å². The number of ether oxygens (including phenoxy) is 1. The van der Waals surface area contributed by atoms with Crippen molar-refractivity contribution in [2.75, 3.05) is 33.3 Å². The zero-order valence-corrected chi connectivity index (χ0v) is 17.5. The van der Waals surface area contributed by atoms with Gasteiger partial charge in [-0.1, -0.05) is 30.3 Å². The van der Waals surface area contributed by atoms with Crippen LogP contribution in [0, 0.1) is 5.82 Å². The summed E-state index contributed by atoms with van der Waals surface area (Å²) < 4.78 is 18.9. The molecule has 4 rings (SSSR count). The van der Waals surface area contributed by atoms with Crippen molar-refractivity contribution in [2.24, 2.45) is 0 Å². The minimum Gasteiger partial charge on any atom is -0.492 e. The molecule has 0 radical (unpaired) electrons. The Morgan fingerprint density at radius 2 is 1.88 bits per heavy atom. The molecule has 2 aromatic rings. The highest BCUT2D eigenvalue weighted by Crippen LogP contribution is 2.35. The maximum atomic E-state index is 13.3. The summed E-state index contributed by atoms with van der Waals surface area (Å²) in [4.78, 5) is 40.6. The van der Waals surface area contributed by atoms with E-state index in [1.165, 1.54) is 34.1 Å². The summed E-state index contributed by atoms with van der Waals surface area (Å²) in [6.07, 6.45) is 0. The number of amides is 4. The lowest BCUT2D eigenvalue weighted by atomic mass is 9.96. The van der Waals surface area contributed by atoms with Gasteiger partial charge in [0, 0.05) is 7.05 Å². The van der Waals surface area contributed by atoms with Crippen molar-refractivity contribution >= 4 is 17.8 Å². The van der Waals surface area contributed by atoms with Gasteiger partial charge in [-0.05, 0) is 29.8 Å². The van der Waals surface area contributed by atoms with E-state index in [9.17, 15) is 18.8 Å². The van der Waals surface area contributed by atoms with Gasteiger partial charge in [-0.3, -0.25) is 14.5 Å². The molecule has 2 aromatic carbocycles. The average Bonchev–Trinajstić information content (AvgIpc) is 3.11. The van der Waals surface area contributed by atoms with Crippen molar-refractivity contribution < 1.29 is 23.5 Å². The summed E-state index contributed by atoms with van der Waals surface area (Å²) in [5.41, 5.74) is 1.52. The summed E-state index contributed by atoms with van der Waals surface area (Å²) >= 11 is 0. The normalized spacial score (nSPS) is 17.9. The van der Waals surface area contributed by atoms with Crippen LogP contribution in [0.25, 0.3) is 0 Å². The number of urea groups is 1. The van der Waals surface area contributed by atoms with Crippen LogP contribution in [0.3, 0.4) is 0 Å². The molecule has 0 aromatic heterocycles. The number of halogens is 1. The molecular formula is C23H23FN4O4. The van der Waals surface area contributed by atoms with E-state index in [2.05, 4.69) is 10.6 Å². The molecule has 2 aliphatic heterocycles. The SMILES string of the molecule is CN1C(=O)NC(c2ccc(F)cc2)C2=C1CN(CC(=O)NCCOc1ccccc1)C2=O. The van der Waals surface area contributed by atoms with Gasteiger partial charge < -0.3 is 20.3 Å².